The average molecular weight is 232 g/mol. The third-order valence-electron chi connectivity index (χ3n) is 3.29. The van der Waals surface area contributed by atoms with Crippen molar-refractivity contribution in [2.75, 3.05) is 11.5 Å². The predicted octanol–water partition coefficient (Wildman–Crippen LogP) is 3.25. The molecule has 1 fully saturated rings. The number of pyridine rings is 1. The number of thioether (sulfide) groups is 1. The van der Waals surface area contributed by atoms with Gasteiger partial charge < -0.3 is 4.40 Å². The summed E-state index contributed by atoms with van der Waals surface area (Å²) in [6.07, 6.45) is 4.86. The van der Waals surface area contributed by atoms with Crippen LogP contribution in [0.1, 0.15) is 30.1 Å². The first-order valence-electron chi connectivity index (χ1n) is 5.87. The van der Waals surface area contributed by atoms with Crippen LogP contribution in [0.25, 0.3) is 5.65 Å². The number of imidazole rings is 1. The predicted molar refractivity (Wildman–Crippen MR) is 69.2 cm³/mol. The van der Waals surface area contributed by atoms with E-state index in [0.717, 1.165) is 5.65 Å². The number of rotatable bonds is 1. The minimum atomic E-state index is 0.665. The molecule has 3 heterocycles. The molecule has 0 radical (unpaired) electrons. The Morgan fingerprint density at radius 1 is 1.44 bits per heavy atom. The summed E-state index contributed by atoms with van der Waals surface area (Å²) in [4.78, 5) is 4.75. The van der Waals surface area contributed by atoms with Gasteiger partial charge in [-0.2, -0.15) is 11.8 Å². The second-order valence-electron chi connectivity index (χ2n) is 4.48. The summed E-state index contributed by atoms with van der Waals surface area (Å²) < 4.78 is 2.20. The Morgan fingerprint density at radius 3 is 3.12 bits per heavy atom. The maximum absolute atomic E-state index is 4.75. The van der Waals surface area contributed by atoms with E-state index < -0.39 is 0 Å². The van der Waals surface area contributed by atoms with E-state index in [9.17, 15) is 0 Å². The van der Waals surface area contributed by atoms with E-state index in [4.69, 9.17) is 4.98 Å². The van der Waals surface area contributed by atoms with Crippen molar-refractivity contribution >= 4 is 17.4 Å². The van der Waals surface area contributed by atoms with Crippen molar-refractivity contribution in [3.63, 3.8) is 0 Å². The van der Waals surface area contributed by atoms with Crippen LogP contribution in [0, 0.1) is 6.92 Å². The molecule has 1 aliphatic heterocycles. The van der Waals surface area contributed by atoms with E-state index in [1.165, 1.54) is 35.7 Å². The third-order valence-corrected chi connectivity index (χ3v) is 4.51. The molecule has 1 unspecified atom stereocenters. The molecule has 0 spiro atoms. The maximum Gasteiger partial charge on any atom is 0.137 e. The molecule has 0 saturated carbocycles. The van der Waals surface area contributed by atoms with Crippen molar-refractivity contribution in [2.45, 2.75) is 25.7 Å². The molecule has 0 N–H and O–H groups in total. The zero-order chi connectivity index (χ0) is 11.0. The highest BCUT2D eigenvalue weighted by Gasteiger charge is 2.18. The highest BCUT2D eigenvalue weighted by molar-refractivity contribution is 7.99. The number of hydrogen-bond acceptors (Lipinski definition) is 2. The minimum Gasteiger partial charge on any atom is -0.304 e. The summed E-state index contributed by atoms with van der Waals surface area (Å²) in [5, 5.41) is 0. The van der Waals surface area contributed by atoms with E-state index in [1.54, 1.807) is 0 Å². The summed E-state index contributed by atoms with van der Waals surface area (Å²) in [7, 11) is 0. The van der Waals surface area contributed by atoms with Crippen molar-refractivity contribution in [3.8, 4) is 0 Å². The molecule has 16 heavy (non-hydrogen) atoms. The number of nitrogens with zero attached hydrogens (tertiary/aromatic N) is 2. The monoisotopic (exact) mass is 232 g/mol. The SMILES string of the molecule is Cc1cccc2nc(C3CCCSC3)cn12. The number of aromatic nitrogens is 2. The van der Waals surface area contributed by atoms with Crippen LogP contribution >= 0.6 is 11.8 Å². The van der Waals surface area contributed by atoms with Crippen molar-refractivity contribution in [2.24, 2.45) is 0 Å². The fourth-order valence-corrected chi connectivity index (χ4v) is 3.50. The smallest absolute Gasteiger partial charge is 0.137 e. The molecular weight excluding hydrogens is 216 g/mol. The van der Waals surface area contributed by atoms with Crippen LogP contribution < -0.4 is 0 Å². The second kappa shape index (κ2) is 4.13. The Balaban J connectivity index is 2.01. The van der Waals surface area contributed by atoms with Gasteiger partial charge in [0.1, 0.15) is 5.65 Å². The molecule has 3 heteroatoms. The molecule has 3 rings (SSSR count). The number of hydrogen-bond donors (Lipinski definition) is 0. The standard InChI is InChI=1S/C13H16N2S/c1-10-4-2-6-13-14-12(8-15(10)13)11-5-3-7-16-9-11/h2,4,6,8,11H,3,5,7,9H2,1H3. The fraction of sp³-hybridized carbons (Fsp3) is 0.462. The zero-order valence-corrected chi connectivity index (χ0v) is 10.3. The highest BCUT2D eigenvalue weighted by atomic mass is 32.2. The van der Waals surface area contributed by atoms with Crippen LogP contribution in [0.4, 0.5) is 0 Å². The first kappa shape index (κ1) is 10.2. The maximum atomic E-state index is 4.75. The normalized spacial score (nSPS) is 21.4. The second-order valence-corrected chi connectivity index (χ2v) is 5.63. The van der Waals surface area contributed by atoms with E-state index >= 15 is 0 Å². The van der Waals surface area contributed by atoms with Crippen LogP contribution in [0.3, 0.4) is 0 Å². The van der Waals surface area contributed by atoms with Gasteiger partial charge in [0.2, 0.25) is 0 Å². The summed E-state index contributed by atoms with van der Waals surface area (Å²) in [6, 6.07) is 6.30. The van der Waals surface area contributed by atoms with E-state index in [1.807, 2.05) is 0 Å². The number of aryl methyl sites for hydroxylation is 1. The van der Waals surface area contributed by atoms with Gasteiger partial charge in [-0.1, -0.05) is 6.07 Å². The lowest BCUT2D eigenvalue weighted by molar-refractivity contribution is 0.647. The van der Waals surface area contributed by atoms with Crippen molar-refractivity contribution in [1.29, 1.82) is 0 Å². The Morgan fingerprint density at radius 2 is 2.38 bits per heavy atom. The fourth-order valence-electron chi connectivity index (χ4n) is 2.34. The molecule has 0 aromatic carbocycles. The molecule has 0 amide bonds. The van der Waals surface area contributed by atoms with Crippen molar-refractivity contribution < 1.29 is 0 Å². The Hall–Kier alpha value is -0.960. The molecule has 1 atom stereocenters. The van der Waals surface area contributed by atoms with Crippen LogP contribution in [0.15, 0.2) is 24.4 Å². The van der Waals surface area contributed by atoms with Gasteiger partial charge in [-0.15, -0.1) is 0 Å². The van der Waals surface area contributed by atoms with Crippen molar-refractivity contribution in [1.82, 2.24) is 9.38 Å². The van der Waals surface area contributed by atoms with Crippen LogP contribution in [-0.4, -0.2) is 20.9 Å². The average Bonchev–Trinajstić information content (AvgIpc) is 2.76. The summed E-state index contributed by atoms with van der Waals surface area (Å²) in [5.41, 5.74) is 3.63. The highest BCUT2D eigenvalue weighted by Crippen LogP contribution is 2.30. The summed E-state index contributed by atoms with van der Waals surface area (Å²) in [5.74, 6) is 3.23. The molecular formula is C13H16N2S. The third kappa shape index (κ3) is 1.73. The van der Waals surface area contributed by atoms with Crippen LogP contribution in [0.5, 0.6) is 0 Å². The lowest BCUT2D eigenvalue weighted by atomic mass is 10.0. The van der Waals surface area contributed by atoms with Crippen LogP contribution in [0.2, 0.25) is 0 Å². The van der Waals surface area contributed by atoms with Gasteiger partial charge in [-0.05, 0) is 37.7 Å². The lowest BCUT2D eigenvalue weighted by Gasteiger charge is -2.18. The van der Waals surface area contributed by atoms with Crippen LogP contribution in [-0.2, 0) is 0 Å². The summed E-state index contributed by atoms with van der Waals surface area (Å²) in [6.45, 7) is 2.13. The molecule has 84 valence electrons. The topological polar surface area (TPSA) is 17.3 Å². The molecule has 1 saturated heterocycles. The number of fused-ring (bicyclic) bond motifs is 1. The lowest BCUT2D eigenvalue weighted by Crippen LogP contribution is -2.08. The first-order chi connectivity index (χ1) is 7.84. The van der Waals surface area contributed by atoms with Gasteiger partial charge in [-0.25, -0.2) is 4.98 Å². The molecule has 1 aliphatic rings. The Bertz CT molecular complexity index is 498. The first-order valence-corrected chi connectivity index (χ1v) is 7.02. The molecule has 0 aliphatic carbocycles. The molecule has 2 aromatic heterocycles. The Labute approximate surface area is 100 Å². The molecule has 2 nitrogen and oxygen atoms in total. The molecule has 0 bridgehead atoms. The van der Waals surface area contributed by atoms with Gasteiger partial charge in [0, 0.05) is 23.6 Å². The largest absolute Gasteiger partial charge is 0.304 e. The van der Waals surface area contributed by atoms with Gasteiger partial charge in [0.15, 0.2) is 0 Å². The van der Waals surface area contributed by atoms with Gasteiger partial charge in [0.25, 0.3) is 0 Å². The summed E-state index contributed by atoms with van der Waals surface area (Å²) >= 11 is 2.06. The Kier molecular flexibility index (Phi) is 2.64. The van der Waals surface area contributed by atoms with E-state index in [-0.39, 0.29) is 0 Å². The van der Waals surface area contributed by atoms with Crippen molar-refractivity contribution in [3.05, 3.63) is 35.8 Å². The zero-order valence-electron chi connectivity index (χ0n) is 9.52. The minimum absolute atomic E-state index is 0.665. The quantitative estimate of drug-likeness (QED) is 0.751. The van der Waals surface area contributed by atoms with Gasteiger partial charge in [0.05, 0.1) is 5.69 Å². The van der Waals surface area contributed by atoms with E-state index in [2.05, 4.69) is 47.5 Å². The van der Waals surface area contributed by atoms with Gasteiger partial charge >= 0.3 is 0 Å². The van der Waals surface area contributed by atoms with Gasteiger partial charge in [-0.3, -0.25) is 0 Å². The molecule has 2 aromatic rings. The van der Waals surface area contributed by atoms with E-state index in [0.29, 0.717) is 5.92 Å².